The summed E-state index contributed by atoms with van der Waals surface area (Å²) in [5, 5.41) is 2.97. The Kier molecular flexibility index (Phi) is 4.74. The summed E-state index contributed by atoms with van der Waals surface area (Å²) in [6, 6.07) is 0. The van der Waals surface area contributed by atoms with Gasteiger partial charge in [0.2, 0.25) is 5.91 Å². The largest absolute Gasteiger partial charge is 0.354 e. The molecule has 0 aliphatic carbocycles. The third-order valence-electron chi connectivity index (χ3n) is 3.53. The Hall–Kier alpha value is -0.610. The first kappa shape index (κ1) is 13.5. The number of carbonyl (C=O) groups is 1. The second kappa shape index (κ2) is 5.64. The van der Waals surface area contributed by atoms with Crippen LogP contribution < -0.4 is 11.1 Å². The summed E-state index contributed by atoms with van der Waals surface area (Å²) >= 11 is 0. The maximum Gasteiger partial charge on any atom is 0.239 e. The first-order valence-corrected chi connectivity index (χ1v) is 6.21. The Morgan fingerprint density at radius 3 is 2.88 bits per heavy atom. The van der Waals surface area contributed by atoms with Crippen LogP contribution in [0.5, 0.6) is 0 Å². The van der Waals surface area contributed by atoms with Gasteiger partial charge >= 0.3 is 0 Å². The zero-order valence-corrected chi connectivity index (χ0v) is 10.8. The van der Waals surface area contributed by atoms with Gasteiger partial charge in [0.25, 0.3) is 0 Å². The Labute approximate surface area is 98.6 Å². The molecule has 0 saturated carbocycles. The van der Waals surface area contributed by atoms with E-state index < -0.39 is 5.54 Å². The van der Waals surface area contributed by atoms with Crippen LogP contribution in [0.4, 0.5) is 0 Å². The van der Waals surface area contributed by atoms with Crippen LogP contribution in [0.25, 0.3) is 0 Å². The summed E-state index contributed by atoms with van der Waals surface area (Å²) in [5.41, 5.74) is 5.16. The van der Waals surface area contributed by atoms with Crippen molar-refractivity contribution in [1.82, 2.24) is 10.2 Å². The Morgan fingerprint density at radius 2 is 2.31 bits per heavy atom. The lowest BCUT2D eigenvalue weighted by Crippen LogP contribution is -2.52. The Morgan fingerprint density at radius 1 is 1.62 bits per heavy atom. The fourth-order valence-corrected chi connectivity index (χ4v) is 2.04. The Balaban J connectivity index is 2.31. The van der Waals surface area contributed by atoms with E-state index in [1.165, 1.54) is 19.4 Å². The standard InChI is InChI=1S/C12H25N3O/c1-4-12(2,13)11(16)14-8-10-6-5-7-15(3)9-10/h10H,4-9,13H2,1-3H3,(H,14,16). The maximum absolute atomic E-state index is 11.8. The number of carbonyl (C=O) groups excluding carboxylic acids is 1. The molecule has 1 saturated heterocycles. The SMILES string of the molecule is CCC(C)(N)C(=O)NCC1CCCN(C)C1. The third kappa shape index (κ3) is 3.76. The number of nitrogens with two attached hydrogens (primary N) is 1. The molecule has 94 valence electrons. The van der Waals surface area contributed by atoms with Crippen molar-refractivity contribution in [3.63, 3.8) is 0 Å². The van der Waals surface area contributed by atoms with E-state index in [0.717, 1.165) is 13.1 Å². The first-order valence-electron chi connectivity index (χ1n) is 6.21. The third-order valence-corrected chi connectivity index (χ3v) is 3.53. The monoisotopic (exact) mass is 227 g/mol. The molecule has 4 nitrogen and oxygen atoms in total. The molecule has 4 heteroatoms. The highest BCUT2D eigenvalue weighted by atomic mass is 16.2. The van der Waals surface area contributed by atoms with Crippen LogP contribution in [0.1, 0.15) is 33.1 Å². The molecule has 0 spiro atoms. The molecule has 1 heterocycles. The van der Waals surface area contributed by atoms with Crippen LogP contribution in [-0.2, 0) is 4.79 Å². The fraction of sp³-hybridized carbons (Fsp3) is 0.917. The molecular weight excluding hydrogens is 202 g/mol. The second-order valence-corrected chi connectivity index (χ2v) is 5.25. The molecule has 1 aliphatic rings. The topological polar surface area (TPSA) is 58.4 Å². The van der Waals surface area contributed by atoms with Gasteiger partial charge in [0.15, 0.2) is 0 Å². The molecule has 1 aliphatic heterocycles. The number of hydrogen-bond donors (Lipinski definition) is 2. The molecule has 2 unspecified atom stereocenters. The zero-order chi connectivity index (χ0) is 12.2. The summed E-state index contributed by atoms with van der Waals surface area (Å²) in [5.74, 6) is 0.554. The van der Waals surface area contributed by atoms with Gasteiger partial charge in [-0.25, -0.2) is 0 Å². The van der Waals surface area contributed by atoms with E-state index in [1.54, 1.807) is 6.92 Å². The molecule has 1 fully saturated rings. The number of amides is 1. The van der Waals surface area contributed by atoms with Gasteiger partial charge in [-0.3, -0.25) is 4.79 Å². The van der Waals surface area contributed by atoms with E-state index in [0.29, 0.717) is 12.3 Å². The quantitative estimate of drug-likeness (QED) is 0.738. The molecule has 0 aromatic carbocycles. The van der Waals surface area contributed by atoms with Gasteiger partial charge in [0.1, 0.15) is 0 Å². The molecule has 1 rings (SSSR count). The van der Waals surface area contributed by atoms with Crippen molar-refractivity contribution in [1.29, 1.82) is 0 Å². The summed E-state index contributed by atoms with van der Waals surface area (Å²) in [6.45, 7) is 6.74. The van der Waals surface area contributed by atoms with Crippen LogP contribution in [0.2, 0.25) is 0 Å². The number of likely N-dealkylation sites (tertiary alicyclic amines) is 1. The predicted molar refractivity (Wildman–Crippen MR) is 66.1 cm³/mol. The van der Waals surface area contributed by atoms with Gasteiger partial charge < -0.3 is 16.0 Å². The molecule has 1 amide bonds. The highest BCUT2D eigenvalue weighted by Gasteiger charge is 2.26. The van der Waals surface area contributed by atoms with E-state index in [2.05, 4.69) is 17.3 Å². The van der Waals surface area contributed by atoms with E-state index in [-0.39, 0.29) is 5.91 Å². The van der Waals surface area contributed by atoms with Gasteiger partial charge in [0, 0.05) is 13.1 Å². The van der Waals surface area contributed by atoms with E-state index in [1.807, 2.05) is 6.92 Å². The zero-order valence-electron chi connectivity index (χ0n) is 10.8. The van der Waals surface area contributed by atoms with Crippen molar-refractivity contribution in [3.05, 3.63) is 0 Å². The Bertz CT molecular complexity index is 240. The molecule has 0 radical (unpaired) electrons. The van der Waals surface area contributed by atoms with Gasteiger partial charge in [-0.2, -0.15) is 0 Å². The number of rotatable bonds is 4. The summed E-state index contributed by atoms with van der Waals surface area (Å²) < 4.78 is 0. The average molecular weight is 227 g/mol. The van der Waals surface area contributed by atoms with Crippen LogP contribution >= 0.6 is 0 Å². The van der Waals surface area contributed by atoms with Crippen molar-refractivity contribution in [2.75, 3.05) is 26.7 Å². The predicted octanol–water partition coefficient (Wildman–Crippen LogP) is 0.572. The number of piperidine rings is 1. The van der Waals surface area contributed by atoms with Crippen molar-refractivity contribution < 1.29 is 4.79 Å². The molecular formula is C12H25N3O. The smallest absolute Gasteiger partial charge is 0.239 e. The number of hydrogen-bond acceptors (Lipinski definition) is 3. The van der Waals surface area contributed by atoms with Crippen LogP contribution in [0.3, 0.4) is 0 Å². The van der Waals surface area contributed by atoms with E-state index >= 15 is 0 Å². The molecule has 2 atom stereocenters. The lowest BCUT2D eigenvalue weighted by atomic mass is 9.96. The van der Waals surface area contributed by atoms with E-state index in [4.69, 9.17) is 5.73 Å². The minimum Gasteiger partial charge on any atom is -0.354 e. The van der Waals surface area contributed by atoms with Gasteiger partial charge in [-0.15, -0.1) is 0 Å². The normalized spacial score (nSPS) is 26.1. The summed E-state index contributed by atoms with van der Waals surface area (Å²) in [7, 11) is 2.13. The summed E-state index contributed by atoms with van der Waals surface area (Å²) in [6.07, 6.45) is 3.10. The first-order chi connectivity index (χ1) is 7.45. The maximum atomic E-state index is 11.8. The lowest BCUT2D eigenvalue weighted by molar-refractivity contribution is -0.126. The highest BCUT2D eigenvalue weighted by molar-refractivity contribution is 5.85. The summed E-state index contributed by atoms with van der Waals surface area (Å²) in [4.78, 5) is 14.1. The molecule has 0 aromatic heterocycles. The minimum absolute atomic E-state index is 0.0248. The molecule has 3 N–H and O–H groups in total. The number of nitrogens with zero attached hydrogens (tertiary/aromatic N) is 1. The fourth-order valence-electron chi connectivity index (χ4n) is 2.04. The lowest BCUT2D eigenvalue weighted by Gasteiger charge is -2.31. The molecule has 0 aromatic rings. The van der Waals surface area contributed by atoms with Crippen molar-refractivity contribution >= 4 is 5.91 Å². The van der Waals surface area contributed by atoms with Crippen molar-refractivity contribution in [3.8, 4) is 0 Å². The minimum atomic E-state index is -0.722. The van der Waals surface area contributed by atoms with Gasteiger partial charge in [-0.1, -0.05) is 6.92 Å². The second-order valence-electron chi connectivity index (χ2n) is 5.25. The van der Waals surface area contributed by atoms with E-state index in [9.17, 15) is 4.79 Å². The average Bonchev–Trinajstić information content (AvgIpc) is 2.26. The van der Waals surface area contributed by atoms with Crippen LogP contribution in [-0.4, -0.2) is 43.0 Å². The van der Waals surface area contributed by atoms with Crippen molar-refractivity contribution in [2.45, 2.75) is 38.6 Å². The van der Waals surface area contributed by atoms with Gasteiger partial charge in [0.05, 0.1) is 5.54 Å². The van der Waals surface area contributed by atoms with Crippen LogP contribution in [0.15, 0.2) is 0 Å². The van der Waals surface area contributed by atoms with Crippen LogP contribution in [0, 0.1) is 5.92 Å². The number of nitrogens with one attached hydrogen (secondary N) is 1. The highest BCUT2D eigenvalue weighted by Crippen LogP contribution is 2.14. The van der Waals surface area contributed by atoms with Crippen molar-refractivity contribution in [2.24, 2.45) is 11.7 Å². The molecule has 16 heavy (non-hydrogen) atoms. The van der Waals surface area contributed by atoms with Gasteiger partial charge in [-0.05, 0) is 45.7 Å². The molecule has 0 bridgehead atoms.